The van der Waals surface area contributed by atoms with Crippen LogP contribution in [0.1, 0.15) is 19.4 Å². The van der Waals surface area contributed by atoms with Crippen molar-refractivity contribution < 1.29 is 14.3 Å². The summed E-state index contributed by atoms with van der Waals surface area (Å²) in [5.41, 5.74) is 0.551. The number of carbonyl (C=O) groups is 1. The minimum Gasteiger partial charge on any atom is -0.481 e. The molecule has 0 radical (unpaired) electrons. The van der Waals surface area contributed by atoms with Gasteiger partial charge in [-0.15, -0.1) is 0 Å². The van der Waals surface area contributed by atoms with Gasteiger partial charge in [-0.25, -0.2) is 4.39 Å². The van der Waals surface area contributed by atoms with Crippen LogP contribution in [0.5, 0.6) is 0 Å². The van der Waals surface area contributed by atoms with Crippen molar-refractivity contribution in [2.24, 2.45) is 11.8 Å². The van der Waals surface area contributed by atoms with Crippen molar-refractivity contribution in [3.05, 3.63) is 34.1 Å². The number of aliphatic carboxylic acids is 1. The first kappa shape index (κ1) is 13.2. The largest absolute Gasteiger partial charge is 0.481 e. The van der Waals surface area contributed by atoms with Crippen LogP contribution in [0, 0.1) is 17.7 Å². The van der Waals surface area contributed by atoms with E-state index in [2.05, 4.69) is 15.9 Å². The van der Waals surface area contributed by atoms with E-state index in [0.29, 0.717) is 12.0 Å². The summed E-state index contributed by atoms with van der Waals surface area (Å²) in [6, 6.07) is 4.71. The molecule has 0 bridgehead atoms. The van der Waals surface area contributed by atoms with Crippen molar-refractivity contribution in [1.82, 2.24) is 0 Å². The fraction of sp³-hybridized carbons (Fsp3) is 0.417. The number of carboxylic acids is 1. The number of hydrogen-bond donors (Lipinski definition) is 1. The van der Waals surface area contributed by atoms with Crippen LogP contribution in [0.25, 0.3) is 0 Å². The van der Waals surface area contributed by atoms with Crippen molar-refractivity contribution in [1.29, 1.82) is 0 Å². The fourth-order valence-electron chi connectivity index (χ4n) is 1.47. The normalized spacial score (nSPS) is 14.5. The molecule has 0 aromatic heterocycles. The summed E-state index contributed by atoms with van der Waals surface area (Å²) in [4.78, 5) is 10.8. The summed E-state index contributed by atoms with van der Waals surface area (Å²) in [7, 11) is 0. The lowest BCUT2D eigenvalue weighted by Crippen LogP contribution is -2.20. The molecule has 0 fully saturated rings. The molecule has 1 aromatic carbocycles. The zero-order valence-electron chi connectivity index (χ0n) is 9.21. The third-order valence-electron chi connectivity index (χ3n) is 2.79. The Bertz CT molecular complexity index is 393. The maximum absolute atomic E-state index is 13.4. The van der Waals surface area contributed by atoms with Gasteiger partial charge in [0.05, 0.1) is 5.92 Å². The van der Waals surface area contributed by atoms with Gasteiger partial charge >= 0.3 is 5.97 Å². The molecule has 88 valence electrons. The van der Waals surface area contributed by atoms with Crippen LogP contribution >= 0.6 is 15.9 Å². The van der Waals surface area contributed by atoms with Crippen molar-refractivity contribution in [2.75, 3.05) is 0 Å². The quantitative estimate of drug-likeness (QED) is 0.921. The molecule has 0 saturated carbocycles. The SMILES string of the molecule is CC(Cc1cc(Br)ccc1F)C(C)C(=O)O. The highest BCUT2D eigenvalue weighted by atomic mass is 79.9. The molecule has 0 aliphatic rings. The first-order chi connectivity index (χ1) is 7.41. The number of rotatable bonds is 4. The average Bonchev–Trinajstić information content (AvgIpc) is 2.22. The molecule has 0 aliphatic heterocycles. The predicted octanol–water partition coefficient (Wildman–Crippen LogP) is 3.49. The van der Waals surface area contributed by atoms with Gasteiger partial charge in [0.15, 0.2) is 0 Å². The molecule has 4 heteroatoms. The van der Waals surface area contributed by atoms with Crippen molar-refractivity contribution in [3.8, 4) is 0 Å². The van der Waals surface area contributed by atoms with E-state index in [1.165, 1.54) is 6.07 Å². The van der Waals surface area contributed by atoms with Crippen LogP contribution in [0.4, 0.5) is 4.39 Å². The molecule has 2 atom stereocenters. The summed E-state index contributed by atoms with van der Waals surface area (Å²) in [5, 5.41) is 8.85. The van der Waals surface area contributed by atoms with Crippen LogP contribution < -0.4 is 0 Å². The summed E-state index contributed by atoms with van der Waals surface area (Å²) < 4.78 is 14.2. The number of halogens is 2. The molecule has 0 saturated heterocycles. The standard InChI is InChI=1S/C12H14BrFO2/c1-7(8(2)12(15)16)5-9-6-10(13)3-4-11(9)14/h3-4,6-8H,5H2,1-2H3,(H,15,16). The molecule has 0 amide bonds. The van der Waals surface area contributed by atoms with Crippen LogP contribution in [0.15, 0.2) is 22.7 Å². The monoisotopic (exact) mass is 288 g/mol. The van der Waals surface area contributed by atoms with Crippen molar-refractivity contribution >= 4 is 21.9 Å². The molecule has 2 unspecified atom stereocenters. The zero-order valence-corrected chi connectivity index (χ0v) is 10.8. The fourth-order valence-corrected chi connectivity index (χ4v) is 1.88. The highest BCUT2D eigenvalue weighted by Gasteiger charge is 2.20. The van der Waals surface area contributed by atoms with Gasteiger partial charge in [-0.05, 0) is 36.1 Å². The molecule has 1 aromatic rings. The minimum atomic E-state index is -0.845. The van der Waals surface area contributed by atoms with Crippen LogP contribution in [0.3, 0.4) is 0 Å². The second-order valence-electron chi connectivity index (χ2n) is 4.04. The topological polar surface area (TPSA) is 37.3 Å². The number of carboxylic acid groups (broad SMARTS) is 1. The summed E-state index contributed by atoms with van der Waals surface area (Å²) in [6.45, 7) is 3.46. The Morgan fingerprint density at radius 2 is 2.12 bits per heavy atom. The number of benzene rings is 1. The Morgan fingerprint density at radius 3 is 2.69 bits per heavy atom. The maximum atomic E-state index is 13.4. The van der Waals surface area contributed by atoms with Gasteiger partial charge in [-0.1, -0.05) is 29.8 Å². The summed E-state index contributed by atoms with van der Waals surface area (Å²) in [5.74, 6) is -1.70. The second kappa shape index (κ2) is 5.43. The molecule has 1 rings (SSSR count). The van der Waals surface area contributed by atoms with Gasteiger partial charge in [0.2, 0.25) is 0 Å². The predicted molar refractivity (Wildman–Crippen MR) is 63.8 cm³/mol. The van der Waals surface area contributed by atoms with E-state index in [1.807, 2.05) is 6.92 Å². The van der Waals surface area contributed by atoms with E-state index >= 15 is 0 Å². The third kappa shape index (κ3) is 3.30. The van der Waals surface area contributed by atoms with E-state index in [1.54, 1.807) is 19.1 Å². The Labute approximate surface area is 103 Å². The van der Waals surface area contributed by atoms with Gasteiger partial charge in [0.25, 0.3) is 0 Å². The Hall–Kier alpha value is -0.900. The van der Waals surface area contributed by atoms with E-state index in [-0.39, 0.29) is 11.7 Å². The molecule has 16 heavy (non-hydrogen) atoms. The first-order valence-electron chi connectivity index (χ1n) is 5.08. The summed E-state index contributed by atoms with van der Waals surface area (Å²) in [6.07, 6.45) is 0.429. The summed E-state index contributed by atoms with van der Waals surface area (Å²) >= 11 is 3.27. The molecule has 0 heterocycles. The van der Waals surface area contributed by atoms with E-state index in [9.17, 15) is 9.18 Å². The zero-order chi connectivity index (χ0) is 12.3. The Kier molecular flexibility index (Phi) is 4.47. The lowest BCUT2D eigenvalue weighted by atomic mass is 9.89. The second-order valence-corrected chi connectivity index (χ2v) is 4.96. The van der Waals surface area contributed by atoms with Crippen molar-refractivity contribution in [2.45, 2.75) is 20.3 Å². The first-order valence-corrected chi connectivity index (χ1v) is 5.88. The average molecular weight is 289 g/mol. The highest BCUT2D eigenvalue weighted by Crippen LogP contribution is 2.22. The van der Waals surface area contributed by atoms with Gasteiger partial charge in [0, 0.05) is 4.47 Å². The van der Waals surface area contributed by atoms with E-state index in [4.69, 9.17) is 5.11 Å². The maximum Gasteiger partial charge on any atom is 0.306 e. The van der Waals surface area contributed by atoms with E-state index < -0.39 is 11.9 Å². The molecule has 0 spiro atoms. The van der Waals surface area contributed by atoms with Crippen LogP contribution in [-0.2, 0) is 11.2 Å². The third-order valence-corrected chi connectivity index (χ3v) is 3.29. The smallest absolute Gasteiger partial charge is 0.306 e. The molecular weight excluding hydrogens is 275 g/mol. The van der Waals surface area contributed by atoms with Crippen molar-refractivity contribution in [3.63, 3.8) is 0 Å². The Morgan fingerprint density at radius 1 is 1.50 bits per heavy atom. The number of hydrogen-bond acceptors (Lipinski definition) is 1. The van der Waals surface area contributed by atoms with Gasteiger partial charge in [-0.2, -0.15) is 0 Å². The molecular formula is C12H14BrFO2. The van der Waals surface area contributed by atoms with Gasteiger partial charge in [0.1, 0.15) is 5.82 Å². The lowest BCUT2D eigenvalue weighted by Gasteiger charge is -2.16. The molecule has 0 aliphatic carbocycles. The molecule has 1 N–H and O–H groups in total. The van der Waals surface area contributed by atoms with Crippen LogP contribution in [0.2, 0.25) is 0 Å². The minimum absolute atomic E-state index is 0.0960. The van der Waals surface area contributed by atoms with E-state index in [0.717, 1.165) is 4.47 Å². The molecule has 2 nitrogen and oxygen atoms in total. The van der Waals surface area contributed by atoms with Gasteiger partial charge in [-0.3, -0.25) is 4.79 Å². The lowest BCUT2D eigenvalue weighted by molar-refractivity contribution is -0.142. The van der Waals surface area contributed by atoms with Gasteiger partial charge < -0.3 is 5.11 Å². The van der Waals surface area contributed by atoms with Crippen LogP contribution in [-0.4, -0.2) is 11.1 Å². The Balaban J connectivity index is 2.80. The highest BCUT2D eigenvalue weighted by molar-refractivity contribution is 9.10.